The van der Waals surface area contributed by atoms with E-state index in [1.807, 2.05) is 18.8 Å². The number of hydrogen-bond donors (Lipinski definition) is 1. The topological polar surface area (TPSA) is 72.9 Å². The van der Waals surface area contributed by atoms with Crippen molar-refractivity contribution in [3.63, 3.8) is 0 Å². The van der Waals surface area contributed by atoms with Gasteiger partial charge in [-0.2, -0.15) is 16.9 Å². The van der Waals surface area contributed by atoms with Crippen molar-refractivity contribution in [2.45, 2.75) is 31.6 Å². The highest BCUT2D eigenvalue weighted by Crippen LogP contribution is 2.31. The molecule has 0 unspecified atom stereocenters. The summed E-state index contributed by atoms with van der Waals surface area (Å²) in [4.78, 5) is 11.5. The van der Waals surface area contributed by atoms with Gasteiger partial charge in [-0.05, 0) is 13.0 Å². The molecule has 2 N–H and O–H groups in total. The zero-order valence-corrected chi connectivity index (χ0v) is 13.7. The molecule has 6 nitrogen and oxygen atoms in total. The molecule has 2 aromatic heterocycles. The fraction of sp³-hybridized carbons (Fsp3) is 0.643. The molecule has 0 aliphatic carbocycles. The molecular weight excluding hydrogens is 284 g/mol. The molecule has 0 amide bonds. The Labute approximate surface area is 129 Å². The van der Waals surface area contributed by atoms with E-state index in [2.05, 4.69) is 33.8 Å². The van der Waals surface area contributed by atoms with E-state index in [1.54, 1.807) is 10.9 Å². The zero-order valence-electron chi connectivity index (χ0n) is 12.8. The summed E-state index contributed by atoms with van der Waals surface area (Å²) in [5.74, 6) is 2.46. The normalized spacial score (nSPS) is 19.8. The number of nitrogens with zero attached hydrogens (tertiary/aromatic N) is 5. The molecule has 0 atom stereocenters. The SMILES string of the molecule is Cn1ncc2c(N)nc(CN3CCSC(C)(C)CC3)nc21. The van der Waals surface area contributed by atoms with Crippen molar-refractivity contribution in [3.05, 3.63) is 12.0 Å². The van der Waals surface area contributed by atoms with Gasteiger partial charge in [0.25, 0.3) is 0 Å². The summed E-state index contributed by atoms with van der Waals surface area (Å²) in [5, 5.41) is 5.02. The summed E-state index contributed by atoms with van der Waals surface area (Å²) in [5.41, 5.74) is 6.83. The number of anilines is 1. The van der Waals surface area contributed by atoms with Crippen molar-refractivity contribution in [1.82, 2.24) is 24.6 Å². The molecule has 114 valence electrons. The van der Waals surface area contributed by atoms with Crippen LogP contribution in [0.1, 0.15) is 26.1 Å². The van der Waals surface area contributed by atoms with E-state index in [0.29, 0.717) is 10.6 Å². The van der Waals surface area contributed by atoms with E-state index >= 15 is 0 Å². The molecule has 1 aliphatic rings. The van der Waals surface area contributed by atoms with E-state index < -0.39 is 0 Å². The first-order valence-corrected chi connectivity index (χ1v) is 8.23. The van der Waals surface area contributed by atoms with Crippen LogP contribution in [0.15, 0.2) is 6.20 Å². The molecule has 1 saturated heterocycles. The summed E-state index contributed by atoms with van der Waals surface area (Å²) in [7, 11) is 1.88. The van der Waals surface area contributed by atoms with Crippen LogP contribution in [-0.4, -0.2) is 48.2 Å². The summed E-state index contributed by atoms with van der Waals surface area (Å²) < 4.78 is 2.11. The predicted molar refractivity (Wildman–Crippen MR) is 87.1 cm³/mol. The lowest BCUT2D eigenvalue weighted by atomic mass is 10.1. The fourth-order valence-electron chi connectivity index (χ4n) is 2.58. The Morgan fingerprint density at radius 3 is 2.95 bits per heavy atom. The Bertz CT molecular complexity index is 650. The first-order valence-electron chi connectivity index (χ1n) is 7.25. The van der Waals surface area contributed by atoms with E-state index in [9.17, 15) is 0 Å². The Kier molecular flexibility index (Phi) is 3.79. The van der Waals surface area contributed by atoms with Gasteiger partial charge in [0.15, 0.2) is 5.65 Å². The molecule has 0 bridgehead atoms. The van der Waals surface area contributed by atoms with E-state index in [-0.39, 0.29) is 0 Å². The predicted octanol–water partition coefficient (Wildman–Crippen LogP) is 1.66. The van der Waals surface area contributed by atoms with Crippen LogP contribution in [0, 0.1) is 0 Å². The van der Waals surface area contributed by atoms with Gasteiger partial charge >= 0.3 is 0 Å². The summed E-state index contributed by atoms with van der Waals surface area (Å²) in [6.45, 7) is 7.53. The van der Waals surface area contributed by atoms with Crippen LogP contribution >= 0.6 is 11.8 Å². The van der Waals surface area contributed by atoms with Crippen LogP contribution in [0.5, 0.6) is 0 Å². The second kappa shape index (κ2) is 5.46. The van der Waals surface area contributed by atoms with Crippen molar-refractivity contribution < 1.29 is 0 Å². The van der Waals surface area contributed by atoms with E-state index in [0.717, 1.165) is 42.2 Å². The highest BCUT2D eigenvalue weighted by Gasteiger charge is 2.24. The van der Waals surface area contributed by atoms with Crippen molar-refractivity contribution in [3.8, 4) is 0 Å². The maximum absolute atomic E-state index is 6.02. The average Bonchev–Trinajstić information content (AvgIpc) is 2.69. The Balaban J connectivity index is 1.80. The lowest BCUT2D eigenvalue weighted by molar-refractivity contribution is 0.270. The van der Waals surface area contributed by atoms with E-state index in [4.69, 9.17) is 5.73 Å². The minimum Gasteiger partial charge on any atom is -0.383 e. The third kappa shape index (κ3) is 3.13. The average molecular weight is 306 g/mol. The van der Waals surface area contributed by atoms with Gasteiger partial charge in [0.1, 0.15) is 11.6 Å². The smallest absolute Gasteiger partial charge is 0.163 e. The van der Waals surface area contributed by atoms with Gasteiger partial charge in [-0.1, -0.05) is 13.8 Å². The molecule has 0 radical (unpaired) electrons. The van der Waals surface area contributed by atoms with Crippen molar-refractivity contribution in [1.29, 1.82) is 0 Å². The highest BCUT2D eigenvalue weighted by atomic mass is 32.2. The second-order valence-corrected chi connectivity index (χ2v) is 7.97. The molecule has 0 saturated carbocycles. The molecule has 2 aromatic rings. The first-order chi connectivity index (χ1) is 9.94. The van der Waals surface area contributed by atoms with Crippen LogP contribution in [-0.2, 0) is 13.6 Å². The monoisotopic (exact) mass is 306 g/mol. The number of thioether (sulfide) groups is 1. The molecular formula is C14H22N6S. The number of nitrogen functional groups attached to an aromatic ring is 1. The minimum absolute atomic E-state index is 0.362. The number of fused-ring (bicyclic) bond motifs is 1. The van der Waals surface area contributed by atoms with Gasteiger partial charge < -0.3 is 5.73 Å². The summed E-state index contributed by atoms with van der Waals surface area (Å²) >= 11 is 2.04. The number of aryl methyl sites for hydroxylation is 1. The molecule has 1 fully saturated rings. The van der Waals surface area contributed by atoms with Crippen LogP contribution < -0.4 is 5.73 Å². The van der Waals surface area contributed by atoms with Crippen molar-refractivity contribution >= 4 is 28.6 Å². The number of nitrogens with two attached hydrogens (primary N) is 1. The van der Waals surface area contributed by atoms with Crippen LogP contribution in [0.3, 0.4) is 0 Å². The van der Waals surface area contributed by atoms with Crippen LogP contribution in [0.2, 0.25) is 0 Å². The Morgan fingerprint density at radius 1 is 1.33 bits per heavy atom. The van der Waals surface area contributed by atoms with Crippen LogP contribution in [0.25, 0.3) is 11.0 Å². The van der Waals surface area contributed by atoms with Gasteiger partial charge in [-0.3, -0.25) is 9.58 Å². The number of aromatic nitrogens is 4. The van der Waals surface area contributed by atoms with Crippen molar-refractivity contribution in [2.75, 3.05) is 24.6 Å². The highest BCUT2D eigenvalue weighted by molar-refractivity contribution is 8.00. The number of hydrogen-bond acceptors (Lipinski definition) is 6. The zero-order chi connectivity index (χ0) is 15.0. The molecule has 0 aromatic carbocycles. The van der Waals surface area contributed by atoms with Gasteiger partial charge in [0.2, 0.25) is 0 Å². The molecule has 3 rings (SSSR count). The fourth-order valence-corrected chi connectivity index (χ4v) is 3.72. The van der Waals surface area contributed by atoms with Gasteiger partial charge in [-0.25, -0.2) is 9.97 Å². The third-order valence-corrected chi connectivity index (χ3v) is 5.34. The summed E-state index contributed by atoms with van der Waals surface area (Å²) in [6.07, 6.45) is 2.90. The Morgan fingerprint density at radius 2 is 2.14 bits per heavy atom. The number of rotatable bonds is 2. The molecule has 0 spiro atoms. The lowest BCUT2D eigenvalue weighted by Gasteiger charge is -2.22. The quantitative estimate of drug-likeness (QED) is 0.910. The van der Waals surface area contributed by atoms with Crippen molar-refractivity contribution in [2.24, 2.45) is 7.05 Å². The molecule has 21 heavy (non-hydrogen) atoms. The van der Waals surface area contributed by atoms with Gasteiger partial charge in [0, 0.05) is 24.1 Å². The second-order valence-electron chi connectivity index (χ2n) is 6.16. The van der Waals surface area contributed by atoms with Crippen LogP contribution in [0.4, 0.5) is 5.82 Å². The van der Waals surface area contributed by atoms with Gasteiger partial charge in [-0.15, -0.1) is 0 Å². The maximum Gasteiger partial charge on any atom is 0.163 e. The molecule has 3 heterocycles. The summed E-state index contributed by atoms with van der Waals surface area (Å²) in [6, 6.07) is 0. The lowest BCUT2D eigenvalue weighted by Crippen LogP contribution is -2.28. The standard InChI is InChI=1S/C14H22N6S/c1-14(2)4-5-20(6-7-21-14)9-11-17-12(15)10-8-16-19(3)13(10)18-11/h8H,4-7,9H2,1-3H3,(H2,15,17,18). The minimum atomic E-state index is 0.362. The Hall–Kier alpha value is -1.34. The van der Waals surface area contributed by atoms with Gasteiger partial charge in [0.05, 0.1) is 18.1 Å². The largest absolute Gasteiger partial charge is 0.383 e. The third-order valence-electron chi connectivity index (χ3n) is 3.96. The van der Waals surface area contributed by atoms with E-state index in [1.165, 1.54) is 6.42 Å². The first kappa shape index (κ1) is 14.6. The molecule has 1 aliphatic heterocycles. The molecule has 7 heteroatoms. The maximum atomic E-state index is 6.02.